The van der Waals surface area contributed by atoms with Crippen molar-refractivity contribution in [3.63, 3.8) is 0 Å². The van der Waals surface area contributed by atoms with Gasteiger partial charge in [-0.3, -0.25) is 14.4 Å². The summed E-state index contributed by atoms with van der Waals surface area (Å²) in [6.45, 7) is 1.23. The minimum atomic E-state index is -4.61. The average Bonchev–Trinajstić information content (AvgIpc) is 3.17. The lowest BCUT2D eigenvalue weighted by atomic mass is 10.1. The lowest BCUT2D eigenvalue weighted by Crippen LogP contribution is -2.31. The van der Waals surface area contributed by atoms with Crippen molar-refractivity contribution in [2.75, 3.05) is 4.90 Å². The number of imide groups is 1. The summed E-state index contributed by atoms with van der Waals surface area (Å²) in [4.78, 5) is 42.2. The predicted molar refractivity (Wildman–Crippen MR) is 106 cm³/mol. The van der Waals surface area contributed by atoms with Gasteiger partial charge in [0.2, 0.25) is 5.91 Å². The number of anilines is 1. The molecule has 4 rings (SSSR count). The van der Waals surface area contributed by atoms with Crippen molar-refractivity contribution < 1.29 is 27.6 Å². The minimum absolute atomic E-state index is 0.0117. The van der Waals surface area contributed by atoms with E-state index in [0.717, 1.165) is 22.7 Å². The van der Waals surface area contributed by atoms with Crippen LogP contribution in [-0.2, 0) is 20.6 Å². The normalized spacial score (nSPS) is 20.0. The molecular formula is C20H12F3N3O3S. The SMILES string of the molecule is CC(=O)N1C(=O)/C(=C2/SC(=Nc3ccccc3C(F)(F)F)NC2=O)c2ccccc21. The second-order valence-corrected chi connectivity index (χ2v) is 7.37. The number of amidine groups is 1. The third kappa shape index (κ3) is 3.28. The number of aliphatic imine (C=N–C) groups is 1. The highest BCUT2D eigenvalue weighted by Crippen LogP contribution is 2.43. The van der Waals surface area contributed by atoms with E-state index in [1.165, 1.54) is 25.1 Å². The Balaban J connectivity index is 1.79. The minimum Gasteiger partial charge on any atom is -0.300 e. The maximum atomic E-state index is 13.2. The van der Waals surface area contributed by atoms with Crippen molar-refractivity contribution >= 4 is 51.6 Å². The molecule has 1 saturated heterocycles. The average molecular weight is 431 g/mol. The van der Waals surface area contributed by atoms with E-state index in [-0.39, 0.29) is 21.3 Å². The largest absolute Gasteiger partial charge is 0.418 e. The summed E-state index contributed by atoms with van der Waals surface area (Å²) in [5.41, 5.74) is -0.551. The van der Waals surface area contributed by atoms with E-state index in [4.69, 9.17) is 0 Å². The van der Waals surface area contributed by atoms with Gasteiger partial charge in [-0.05, 0) is 30.0 Å². The maximum absolute atomic E-state index is 13.2. The van der Waals surface area contributed by atoms with Crippen LogP contribution < -0.4 is 10.2 Å². The van der Waals surface area contributed by atoms with Crippen LogP contribution in [0.25, 0.3) is 5.57 Å². The molecule has 6 nitrogen and oxygen atoms in total. The molecule has 0 radical (unpaired) electrons. The summed E-state index contributed by atoms with van der Waals surface area (Å²) in [6, 6.07) is 11.2. The zero-order valence-corrected chi connectivity index (χ0v) is 16.1. The molecule has 1 N–H and O–H groups in total. The molecule has 30 heavy (non-hydrogen) atoms. The summed E-state index contributed by atoms with van der Waals surface area (Å²) >= 11 is 0.754. The first-order valence-electron chi connectivity index (χ1n) is 8.61. The maximum Gasteiger partial charge on any atom is 0.418 e. The molecule has 2 aromatic rings. The highest BCUT2D eigenvalue weighted by atomic mass is 32.2. The van der Waals surface area contributed by atoms with Gasteiger partial charge in [-0.25, -0.2) is 9.89 Å². The van der Waals surface area contributed by atoms with Gasteiger partial charge in [0.15, 0.2) is 5.17 Å². The van der Waals surface area contributed by atoms with Gasteiger partial charge in [0.05, 0.1) is 27.4 Å². The zero-order valence-electron chi connectivity index (χ0n) is 15.3. The molecule has 0 unspecified atom stereocenters. The van der Waals surface area contributed by atoms with Gasteiger partial charge in [-0.2, -0.15) is 13.2 Å². The molecule has 0 atom stereocenters. The number of halogens is 3. The summed E-state index contributed by atoms with van der Waals surface area (Å²) in [6.07, 6.45) is -4.61. The molecular weight excluding hydrogens is 419 g/mol. The quantitative estimate of drug-likeness (QED) is 0.696. The third-order valence-corrected chi connectivity index (χ3v) is 5.41. The second kappa shape index (κ2) is 7.13. The molecule has 1 fully saturated rings. The first-order chi connectivity index (χ1) is 14.2. The van der Waals surface area contributed by atoms with Crippen molar-refractivity contribution in [3.8, 4) is 0 Å². The van der Waals surface area contributed by atoms with Crippen LogP contribution in [0.5, 0.6) is 0 Å². The van der Waals surface area contributed by atoms with Crippen molar-refractivity contribution in [2.24, 2.45) is 4.99 Å². The van der Waals surface area contributed by atoms with E-state index < -0.39 is 29.5 Å². The van der Waals surface area contributed by atoms with Crippen molar-refractivity contribution in [1.82, 2.24) is 5.32 Å². The number of nitrogens with zero attached hydrogens (tertiary/aromatic N) is 2. The number of hydrogen-bond acceptors (Lipinski definition) is 5. The molecule has 0 spiro atoms. The number of alkyl halides is 3. The molecule has 0 saturated carbocycles. The van der Waals surface area contributed by atoms with E-state index in [0.29, 0.717) is 11.3 Å². The third-order valence-electron chi connectivity index (χ3n) is 4.43. The number of nitrogens with one attached hydrogen (secondary N) is 1. The monoisotopic (exact) mass is 431 g/mol. The molecule has 0 aliphatic carbocycles. The van der Waals surface area contributed by atoms with Crippen molar-refractivity contribution in [3.05, 3.63) is 64.6 Å². The number of para-hydroxylation sites is 2. The molecule has 3 amide bonds. The van der Waals surface area contributed by atoms with Gasteiger partial charge in [0.1, 0.15) is 0 Å². The fourth-order valence-corrected chi connectivity index (χ4v) is 4.13. The Kier molecular flexibility index (Phi) is 4.73. The van der Waals surface area contributed by atoms with Gasteiger partial charge in [-0.1, -0.05) is 30.3 Å². The highest BCUT2D eigenvalue weighted by Gasteiger charge is 2.41. The Bertz CT molecular complexity index is 1170. The standard InChI is InChI=1S/C20H12F3N3O3S/c1-10(27)26-14-9-5-2-6-11(14)15(18(26)29)16-17(28)25-19(30-16)24-13-8-4-3-7-12(13)20(21,22)23/h2-9H,1H3,(H,24,25,28)/b16-15+. The van der Waals surface area contributed by atoms with E-state index >= 15 is 0 Å². The van der Waals surface area contributed by atoms with Crippen LogP contribution in [0.1, 0.15) is 18.1 Å². The van der Waals surface area contributed by atoms with Crippen LogP contribution in [-0.4, -0.2) is 22.9 Å². The number of rotatable bonds is 1. The zero-order chi connectivity index (χ0) is 21.6. The fraction of sp³-hybridized carbons (Fsp3) is 0.100. The molecule has 2 heterocycles. The lowest BCUT2D eigenvalue weighted by molar-refractivity contribution is -0.137. The van der Waals surface area contributed by atoms with Crippen LogP contribution in [0, 0.1) is 0 Å². The number of hydrogen-bond donors (Lipinski definition) is 1. The number of thioether (sulfide) groups is 1. The van der Waals surface area contributed by atoms with Gasteiger partial charge >= 0.3 is 6.18 Å². The Hall–Kier alpha value is -3.40. The Morgan fingerprint density at radius 2 is 1.73 bits per heavy atom. The first kappa shape index (κ1) is 19.9. The van der Waals surface area contributed by atoms with Crippen LogP contribution in [0.3, 0.4) is 0 Å². The number of benzene rings is 2. The Morgan fingerprint density at radius 1 is 1.07 bits per heavy atom. The molecule has 10 heteroatoms. The Morgan fingerprint density at radius 3 is 2.43 bits per heavy atom. The number of amides is 3. The highest BCUT2D eigenvalue weighted by molar-refractivity contribution is 8.18. The van der Waals surface area contributed by atoms with E-state index in [2.05, 4.69) is 10.3 Å². The van der Waals surface area contributed by atoms with Crippen LogP contribution in [0.2, 0.25) is 0 Å². The summed E-state index contributed by atoms with van der Waals surface area (Å²) in [7, 11) is 0. The van der Waals surface area contributed by atoms with E-state index in [1.54, 1.807) is 24.3 Å². The topological polar surface area (TPSA) is 78.8 Å². The van der Waals surface area contributed by atoms with Gasteiger partial charge < -0.3 is 5.32 Å². The second-order valence-electron chi connectivity index (χ2n) is 6.37. The van der Waals surface area contributed by atoms with Crippen LogP contribution in [0.15, 0.2) is 58.4 Å². The number of carbonyl (C=O) groups is 3. The van der Waals surface area contributed by atoms with Gasteiger partial charge in [0, 0.05) is 12.5 Å². The Labute approximate surface area is 172 Å². The summed E-state index contributed by atoms with van der Waals surface area (Å²) in [5.74, 6) is -1.86. The lowest BCUT2D eigenvalue weighted by Gasteiger charge is -2.11. The summed E-state index contributed by atoms with van der Waals surface area (Å²) < 4.78 is 39.6. The number of carbonyl (C=O) groups excluding carboxylic acids is 3. The fourth-order valence-electron chi connectivity index (χ4n) is 3.21. The molecule has 2 aliphatic heterocycles. The smallest absolute Gasteiger partial charge is 0.300 e. The molecule has 2 aromatic carbocycles. The first-order valence-corrected chi connectivity index (χ1v) is 9.43. The van der Waals surface area contributed by atoms with E-state index in [1.807, 2.05) is 0 Å². The van der Waals surface area contributed by atoms with Gasteiger partial charge in [-0.15, -0.1) is 0 Å². The number of fused-ring (bicyclic) bond motifs is 1. The van der Waals surface area contributed by atoms with Crippen LogP contribution in [0.4, 0.5) is 24.5 Å². The predicted octanol–water partition coefficient (Wildman–Crippen LogP) is 3.86. The van der Waals surface area contributed by atoms with Crippen molar-refractivity contribution in [2.45, 2.75) is 13.1 Å². The molecule has 2 aliphatic rings. The van der Waals surface area contributed by atoms with Crippen molar-refractivity contribution in [1.29, 1.82) is 0 Å². The summed E-state index contributed by atoms with van der Waals surface area (Å²) in [5, 5.41) is 2.30. The molecule has 0 aromatic heterocycles. The molecule has 0 bridgehead atoms. The van der Waals surface area contributed by atoms with Gasteiger partial charge in [0.25, 0.3) is 11.8 Å². The van der Waals surface area contributed by atoms with E-state index in [9.17, 15) is 27.6 Å². The van der Waals surface area contributed by atoms with Crippen LogP contribution >= 0.6 is 11.8 Å². The molecule has 152 valence electrons.